The molecule has 2 atom stereocenters. The number of ether oxygens (including phenoxy) is 1. The summed E-state index contributed by atoms with van der Waals surface area (Å²) in [7, 11) is 1.54. The molecule has 0 bridgehead atoms. The van der Waals surface area contributed by atoms with E-state index in [1.807, 2.05) is 18.2 Å². The van der Waals surface area contributed by atoms with Gasteiger partial charge in [0.15, 0.2) is 0 Å². The molecule has 31 heavy (non-hydrogen) atoms. The molecule has 162 valence electrons. The molecule has 0 aliphatic heterocycles. The van der Waals surface area contributed by atoms with Crippen LogP contribution in [0.2, 0.25) is 0 Å². The van der Waals surface area contributed by atoms with Crippen molar-refractivity contribution in [2.45, 2.75) is 32.1 Å². The highest BCUT2D eigenvalue weighted by Crippen LogP contribution is 2.40. The number of fused-ring (bicyclic) bond motifs is 1. The Bertz CT molecular complexity index is 1060. The average Bonchev–Trinajstić information content (AvgIpc) is 3.34. The zero-order chi connectivity index (χ0) is 22.0. The van der Waals surface area contributed by atoms with Crippen LogP contribution in [0.4, 0.5) is 10.7 Å². The van der Waals surface area contributed by atoms with E-state index in [0.29, 0.717) is 34.8 Å². The van der Waals surface area contributed by atoms with Crippen LogP contribution >= 0.6 is 11.3 Å². The molecule has 0 saturated heterocycles. The number of carboxylic acid groups (broad SMARTS) is 1. The third kappa shape index (κ3) is 4.20. The first-order valence-corrected chi connectivity index (χ1v) is 11.1. The van der Waals surface area contributed by atoms with E-state index in [4.69, 9.17) is 4.74 Å². The summed E-state index contributed by atoms with van der Waals surface area (Å²) in [6.07, 6.45) is 6.96. The number of para-hydroxylation sites is 2. The number of rotatable bonds is 6. The molecular weight excluding hydrogens is 416 g/mol. The molecule has 1 aromatic carbocycles. The summed E-state index contributed by atoms with van der Waals surface area (Å²) < 4.78 is 5.32. The van der Waals surface area contributed by atoms with Gasteiger partial charge < -0.3 is 20.5 Å². The largest absolute Gasteiger partial charge is 0.495 e. The predicted molar refractivity (Wildman–Crippen MR) is 119 cm³/mol. The summed E-state index contributed by atoms with van der Waals surface area (Å²) in [5, 5.41) is 15.8. The second-order valence-corrected chi connectivity index (χ2v) is 8.80. The van der Waals surface area contributed by atoms with Gasteiger partial charge in [0, 0.05) is 4.88 Å². The quantitative estimate of drug-likeness (QED) is 0.587. The molecule has 2 aliphatic rings. The summed E-state index contributed by atoms with van der Waals surface area (Å²) in [4.78, 5) is 38.9. The van der Waals surface area contributed by atoms with Gasteiger partial charge >= 0.3 is 5.97 Å². The van der Waals surface area contributed by atoms with Crippen LogP contribution in [0.25, 0.3) is 0 Å². The van der Waals surface area contributed by atoms with Crippen LogP contribution < -0.4 is 15.4 Å². The Labute approximate surface area is 184 Å². The number of allylic oxidation sites excluding steroid dienone is 2. The van der Waals surface area contributed by atoms with E-state index in [1.165, 1.54) is 18.4 Å². The van der Waals surface area contributed by atoms with E-state index < -0.39 is 17.8 Å². The van der Waals surface area contributed by atoms with Crippen LogP contribution in [0.1, 0.15) is 40.1 Å². The van der Waals surface area contributed by atoms with Gasteiger partial charge in [0.1, 0.15) is 10.8 Å². The predicted octanol–water partition coefficient (Wildman–Crippen LogP) is 4.10. The van der Waals surface area contributed by atoms with E-state index >= 15 is 0 Å². The minimum atomic E-state index is -0.979. The molecule has 0 fully saturated rings. The van der Waals surface area contributed by atoms with E-state index in [1.54, 1.807) is 18.2 Å². The zero-order valence-electron chi connectivity index (χ0n) is 17.1. The fourth-order valence-electron chi connectivity index (χ4n) is 4.25. The number of benzene rings is 1. The maximum atomic E-state index is 13.2. The molecule has 1 aromatic heterocycles. The van der Waals surface area contributed by atoms with Gasteiger partial charge in [-0.3, -0.25) is 14.4 Å². The van der Waals surface area contributed by atoms with Crippen LogP contribution in [0.5, 0.6) is 5.75 Å². The number of carbonyl (C=O) groups excluding carboxylic acids is 2. The fraction of sp³-hybridized carbons (Fsp3) is 0.348. The van der Waals surface area contributed by atoms with Gasteiger partial charge in [-0.2, -0.15) is 0 Å². The van der Waals surface area contributed by atoms with Crippen molar-refractivity contribution < 1.29 is 24.2 Å². The molecule has 7 nitrogen and oxygen atoms in total. The number of amides is 2. The third-order valence-electron chi connectivity index (χ3n) is 5.83. The van der Waals surface area contributed by atoms with Crippen LogP contribution in [-0.4, -0.2) is 30.0 Å². The van der Waals surface area contributed by atoms with E-state index in [0.717, 1.165) is 29.7 Å². The highest BCUT2D eigenvalue weighted by molar-refractivity contribution is 7.17. The fourth-order valence-corrected chi connectivity index (χ4v) is 5.54. The third-order valence-corrected chi connectivity index (χ3v) is 7.03. The van der Waals surface area contributed by atoms with Crippen molar-refractivity contribution in [3.63, 3.8) is 0 Å². The first-order valence-electron chi connectivity index (χ1n) is 10.3. The summed E-state index contributed by atoms with van der Waals surface area (Å²) >= 11 is 1.41. The number of hydrogen-bond acceptors (Lipinski definition) is 5. The van der Waals surface area contributed by atoms with Gasteiger partial charge in [-0.15, -0.1) is 11.3 Å². The molecule has 2 amide bonds. The number of thiophene rings is 1. The van der Waals surface area contributed by atoms with E-state index in [9.17, 15) is 19.5 Å². The van der Waals surface area contributed by atoms with Crippen molar-refractivity contribution in [3.05, 3.63) is 52.4 Å². The molecule has 3 N–H and O–H groups in total. The van der Waals surface area contributed by atoms with Crippen molar-refractivity contribution in [2.75, 3.05) is 17.7 Å². The maximum absolute atomic E-state index is 13.2. The summed E-state index contributed by atoms with van der Waals surface area (Å²) in [6.45, 7) is 0. The number of carboxylic acids is 1. The molecule has 0 spiro atoms. The van der Waals surface area contributed by atoms with Gasteiger partial charge in [-0.25, -0.2) is 0 Å². The average molecular weight is 441 g/mol. The van der Waals surface area contributed by atoms with Crippen LogP contribution in [0, 0.1) is 11.8 Å². The normalized spacial score (nSPS) is 19.5. The van der Waals surface area contributed by atoms with Crippen molar-refractivity contribution in [1.29, 1.82) is 0 Å². The number of aryl methyl sites for hydroxylation is 1. The molecule has 2 aromatic rings. The minimum Gasteiger partial charge on any atom is -0.495 e. The molecule has 4 rings (SSSR count). The summed E-state index contributed by atoms with van der Waals surface area (Å²) in [5.41, 5.74) is 1.98. The Hall–Kier alpha value is -3.13. The molecule has 2 aliphatic carbocycles. The summed E-state index contributed by atoms with van der Waals surface area (Å²) in [6, 6.07) is 7.15. The Morgan fingerprint density at radius 2 is 1.81 bits per heavy atom. The van der Waals surface area contributed by atoms with E-state index in [-0.39, 0.29) is 11.8 Å². The van der Waals surface area contributed by atoms with Gasteiger partial charge in [-0.1, -0.05) is 24.3 Å². The second-order valence-electron chi connectivity index (χ2n) is 7.70. The topological polar surface area (TPSA) is 105 Å². The number of hydrogen-bond donors (Lipinski definition) is 3. The number of nitrogens with one attached hydrogen (secondary N) is 2. The number of methoxy groups -OCH3 is 1. The van der Waals surface area contributed by atoms with Gasteiger partial charge in [0.25, 0.3) is 5.91 Å². The van der Waals surface area contributed by atoms with Crippen LogP contribution in [-0.2, 0) is 22.4 Å². The second kappa shape index (κ2) is 8.93. The standard InChI is InChI=1S/C23H24N2O5S/c1-30-17-11-5-4-10-16(17)24-21(27)19-15-9-6-12-18(15)31-22(19)25-20(26)13-7-2-3-8-14(13)23(28)29/h2-5,10-11,13-14H,6-9,12H2,1H3,(H,24,27)(H,25,26)(H,28,29)/t13-,14-/m0/s1. The first kappa shape index (κ1) is 21.1. The summed E-state index contributed by atoms with van der Waals surface area (Å²) in [5.74, 6) is -2.52. The number of anilines is 2. The Kier molecular flexibility index (Phi) is 6.08. The highest BCUT2D eigenvalue weighted by atomic mass is 32.1. The molecule has 1 heterocycles. The SMILES string of the molecule is COc1ccccc1NC(=O)c1c(NC(=O)[C@H]2CC=CC[C@@H]2C(=O)O)sc2c1CCC2. The van der Waals surface area contributed by atoms with Crippen LogP contribution in [0.15, 0.2) is 36.4 Å². The highest BCUT2D eigenvalue weighted by Gasteiger charge is 2.35. The minimum absolute atomic E-state index is 0.308. The lowest BCUT2D eigenvalue weighted by atomic mass is 9.82. The molecule has 0 saturated carbocycles. The molecule has 0 unspecified atom stereocenters. The smallest absolute Gasteiger partial charge is 0.307 e. The lowest BCUT2D eigenvalue weighted by molar-refractivity contribution is -0.146. The monoisotopic (exact) mass is 440 g/mol. The molecular formula is C23H24N2O5S. The van der Waals surface area contributed by atoms with Crippen molar-refractivity contribution in [1.82, 2.24) is 0 Å². The van der Waals surface area contributed by atoms with Crippen molar-refractivity contribution >= 4 is 39.8 Å². The molecule has 0 radical (unpaired) electrons. The van der Waals surface area contributed by atoms with Gasteiger partial charge in [0.05, 0.1) is 30.2 Å². The first-order chi connectivity index (χ1) is 15.0. The van der Waals surface area contributed by atoms with Crippen molar-refractivity contribution in [3.8, 4) is 5.75 Å². The lowest BCUT2D eigenvalue weighted by Gasteiger charge is -2.24. The zero-order valence-corrected chi connectivity index (χ0v) is 18.0. The lowest BCUT2D eigenvalue weighted by Crippen LogP contribution is -2.35. The van der Waals surface area contributed by atoms with Crippen molar-refractivity contribution in [2.24, 2.45) is 11.8 Å². The van der Waals surface area contributed by atoms with Crippen LogP contribution in [0.3, 0.4) is 0 Å². The van der Waals surface area contributed by atoms with Gasteiger partial charge in [0.2, 0.25) is 5.91 Å². The number of carbonyl (C=O) groups is 3. The number of aliphatic carboxylic acids is 1. The molecule has 8 heteroatoms. The Balaban J connectivity index is 1.61. The maximum Gasteiger partial charge on any atom is 0.307 e. The Morgan fingerprint density at radius 3 is 2.55 bits per heavy atom. The Morgan fingerprint density at radius 1 is 1.06 bits per heavy atom. The van der Waals surface area contributed by atoms with Gasteiger partial charge in [-0.05, 0) is 49.8 Å². The van der Waals surface area contributed by atoms with E-state index in [2.05, 4.69) is 10.6 Å².